The number of nitrogens with zero attached hydrogens (tertiary/aromatic N) is 2. The monoisotopic (exact) mass is 446 g/mol. The predicted octanol–water partition coefficient (Wildman–Crippen LogP) is 6.35. The zero-order chi connectivity index (χ0) is 19.4. The molecule has 138 valence electrons. The maximum atomic E-state index is 13.6. The summed E-state index contributed by atoms with van der Waals surface area (Å²) >= 11 is 9.62. The lowest BCUT2D eigenvalue weighted by molar-refractivity contribution is 0.317. The number of hydrogen-bond donors (Lipinski definition) is 1. The largest absolute Gasteiger partial charge is 0.411 e. The first-order chi connectivity index (χ1) is 13.0. The summed E-state index contributed by atoms with van der Waals surface area (Å²) in [6.07, 6.45) is 1.58. The zero-order valence-corrected chi connectivity index (χ0v) is 16.9. The summed E-state index contributed by atoms with van der Waals surface area (Å²) in [6, 6.07) is 17.2. The van der Waals surface area contributed by atoms with Gasteiger partial charge in [0.05, 0.1) is 10.7 Å². The Hall–Kier alpha value is -2.24. The van der Waals surface area contributed by atoms with Crippen LogP contribution in [0.4, 0.5) is 4.39 Å². The molecule has 0 amide bonds. The molecule has 0 bridgehead atoms. The Bertz CT molecular complexity index is 976. The molecule has 0 saturated heterocycles. The van der Waals surface area contributed by atoms with E-state index in [1.165, 1.54) is 12.3 Å². The smallest absolute Gasteiger partial charge is 0.213 e. The summed E-state index contributed by atoms with van der Waals surface area (Å²) in [5.41, 5.74) is 3.92. The van der Waals surface area contributed by atoms with E-state index in [1.807, 2.05) is 55.5 Å². The maximum Gasteiger partial charge on any atom is 0.213 e. The molecule has 2 aromatic carbocycles. The highest BCUT2D eigenvalue weighted by molar-refractivity contribution is 9.10. The van der Waals surface area contributed by atoms with Crippen LogP contribution in [0.3, 0.4) is 0 Å². The SMILES string of the molecule is Cc1ccccc1C(C/C(=N/O)c1cc(F)ncc1Cl)c1ccc(Br)cc1. The van der Waals surface area contributed by atoms with Crippen LogP contribution in [0.25, 0.3) is 0 Å². The molecule has 0 saturated carbocycles. The van der Waals surface area contributed by atoms with Crippen molar-refractivity contribution >= 4 is 33.2 Å². The second kappa shape index (κ2) is 8.63. The molecule has 3 nitrogen and oxygen atoms in total. The second-order valence-corrected chi connectivity index (χ2v) is 7.52. The Morgan fingerprint density at radius 3 is 2.59 bits per heavy atom. The van der Waals surface area contributed by atoms with Crippen LogP contribution in [0, 0.1) is 12.9 Å². The van der Waals surface area contributed by atoms with Gasteiger partial charge >= 0.3 is 0 Å². The van der Waals surface area contributed by atoms with Gasteiger partial charge in [-0.3, -0.25) is 0 Å². The van der Waals surface area contributed by atoms with Crippen LogP contribution in [-0.2, 0) is 0 Å². The Morgan fingerprint density at radius 2 is 1.93 bits per heavy atom. The van der Waals surface area contributed by atoms with Gasteiger partial charge in [0, 0.05) is 34.6 Å². The van der Waals surface area contributed by atoms with E-state index in [2.05, 4.69) is 26.1 Å². The lowest BCUT2D eigenvalue weighted by Crippen LogP contribution is -2.12. The van der Waals surface area contributed by atoms with Gasteiger partial charge in [0.15, 0.2) is 0 Å². The van der Waals surface area contributed by atoms with Crippen molar-refractivity contribution in [3.8, 4) is 0 Å². The molecule has 0 aliphatic carbocycles. The van der Waals surface area contributed by atoms with Crippen molar-refractivity contribution < 1.29 is 9.60 Å². The molecule has 0 spiro atoms. The fourth-order valence-electron chi connectivity index (χ4n) is 3.11. The van der Waals surface area contributed by atoms with Gasteiger partial charge in [-0.2, -0.15) is 4.39 Å². The molecule has 0 aliphatic heterocycles. The molecule has 0 aliphatic rings. The van der Waals surface area contributed by atoms with Gasteiger partial charge in [-0.05, 0) is 35.7 Å². The topological polar surface area (TPSA) is 45.5 Å². The van der Waals surface area contributed by atoms with Crippen molar-refractivity contribution in [1.29, 1.82) is 0 Å². The van der Waals surface area contributed by atoms with E-state index >= 15 is 0 Å². The van der Waals surface area contributed by atoms with Crippen molar-refractivity contribution in [2.45, 2.75) is 19.3 Å². The van der Waals surface area contributed by atoms with Gasteiger partial charge in [-0.1, -0.05) is 69.1 Å². The second-order valence-electron chi connectivity index (χ2n) is 6.20. The molecule has 3 rings (SSSR count). The molecule has 1 unspecified atom stereocenters. The Balaban J connectivity index is 2.06. The van der Waals surface area contributed by atoms with Crippen LogP contribution in [-0.4, -0.2) is 15.9 Å². The normalized spacial score (nSPS) is 12.8. The first-order valence-electron chi connectivity index (χ1n) is 8.33. The lowest BCUT2D eigenvalue weighted by atomic mass is 9.83. The number of halogens is 3. The highest BCUT2D eigenvalue weighted by Gasteiger charge is 2.22. The van der Waals surface area contributed by atoms with Gasteiger partial charge < -0.3 is 5.21 Å². The standard InChI is InChI=1S/C21H17BrClFN2O/c1-13-4-2-3-5-16(13)17(14-6-8-15(22)9-7-14)10-20(26-27)18-11-21(24)25-12-19(18)23/h2-9,11-12,17,27H,10H2,1H3/b26-20-. The van der Waals surface area contributed by atoms with E-state index in [9.17, 15) is 9.60 Å². The highest BCUT2D eigenvalue weighted by Crippen LogP contribution is 2.33. The number of aryl methyl sites for hydroxylation is 1. The van der Waals surface area contributed by atoms with Crippen LogP contribution in [0.15, 0.2) is 70.4 Å². The molecule has 1 aromatic heterocycles. The van der Waals surface area contributed by atoms with E-state index in [0.29, 0.717) is 17.7 Å². The molecule has 1 atom stereocenters. The summed E-state index contributed by atoms with van der Waals surface area (Å²) in [5.74, 6) is -0.760. The van der Waals surface area contributed by atoms with Crippen LogP contribution in [0.2, 0.25) is 5.02 Å². The van der Waals surface area contributed by atoms with Gasteiger partial charge in [0.25, 0.3) is 0 Å². The summed E-state index contributed by atoms with van der Waals surface area (Å²) in [7, 11) is 0. The maximum absolute atomic E-state index is 13.6. The summed E-state index contributed by atoms with van der Waals surface area (Å²) in [4.78, 5) is 3.53. The minimum atomic E-state index is -0.674. The number of aromatic nitrogens is 1. The average Bonchev–Trinajstić information content (AvgIpc) is 2.67. The van der Waals surface area contributed by atoms with Crippen LogP contribution >= 0.6 is 27.5 Å². The van der Waals surface area contributed by atoms with Gasteiger partial charge in [-0.15, -0.1) is 0 Å². The number of benzene rings is 2. The molecule has 0 fully saturated rings. The van der Waals surface area contributed by atoms with E-state index in [-0.39, 0.29) is 10.9 Å². The number of pyridine rings is 1. The fraction of sp³-hybridized carbons (Fsp3) is 0.143. The Kier molecular flexibility index (Phi) is 6.24. The van der Waals surface area contributed by atoms with E-state index in [0.717, 1.165) is 21.2 Å². The zero-order valence-electron chi connectivity index (χ0n) is 14.5. The third-order valence-electron chi connectivity index (χ3n) is 4.49. The molecular formula is C21H17BrClFN2O. The third-order valence-corrected chi connectivity index (χ3v) is 5.32. The Morgan fingerprint density at radius 1 is 1.22 bits per heavy atom. The molecule has 27 heavy (non-hydrogen) atoms. The van der Waals surface area contributed by atoms with E-state index in [1.54, 1.807) is 0 Å². The molecule has 1 N–H and O–H groups in total. The van der Waals surface area contributed by atoms with Crippen molar-refractivity contribution in [1.82, 2.24) is 4.98 Å². The minimum Gasteiger partial charge on any atom is -0.411 e. The van der Waals surface area contributed by atoms with Gasteiger partial charge in [0.2, 0.25) is 5.95 Å². The number of hydrogen-bond acceptors (Lipinski definition) is 3. The van der Waals surface area contributed by atoms with Crippen LogP contribution in [0.1, 0.15) is 34.6 Å². The molecular weight excluding hydrogens is 431 g/mol. The number of oxime groups is 1. The fourth-order valence-corrected chi connectivity index (χ4v) is 3.59. The first-order valence-corrected chi connectivity index (χ1v) is 9.50. The average molecular weight is 448 g/mol. The molecule has 3 aromatic rings. The van der Waals surface area contributed by atoms with E-state index in [4.69, 9.17) is 11.6 Å². The predicted molar refractivity (Wildman–Crippen MR) is 109 cm³/mol. The molecule has 6 heteroatoms. The van der Waals surface area contributed by atoms with Gasteiger partial charge in [0.1, 0.15) is 0 Å². The van der Waals surface area contributed by atoms with Crippen molar-refractivity contribution in [3.63, 3.8) is 0 Å². The van der Waals surface area contributed by atoms with Crippen molar-refractivity contribution in [2.75, 3.05) is 0 Å². The molecule has 0 radical (unpaired) electrons. The molecule has 1 heterocycles. The quantitative estimate of drug-likeness (QED) is 0.214. The minimum absolute atomic E-state index is 0.0857. The summed E-state index contributed by atoms with van der Waals surface area (Å²) < 4.78 is 14.6. The lowest BCUT2D eigenvalue weighted by Gasteiger charge is -2.21. The third kappa shape index (κ3) is 4.54. The highest BCUT2D eigenvalue weighted by atomic mass is 79.9. The summed E-state index contributed by atoms with van der Waals surface area (Å²) in [6.45, 7) is 2.04. The summed E-state index contributed by atoms with van der Waals surface area (Å²) in [5, 5.41) is 13.3. The number of rotatable bonds is 5. The van der Waals surface area contributed by atoms with Crippen molar-refractivity contribution in [3.05, 3.63) is 98.5 Å². The van der Waals surface area contributed by atoms with Gasteiger partial charge in [-0.25, -0.2) is 4.98 Å². The first kappa shape index (κ1) is 19.5. The van der Waals surface area contributed by atoms with Crippen LogP contribution < -0.4 is 0 Å². The van der Waals surface area contributed by atoms with E-state index < -0.39 is 5.95 Å². The van der Waals surface area contributed by atoms with Crippen molar-refractivity contribution in [2.24, 2.45) is 5.16 Å². The Labute approximate surface area is 170 Å². The van der Waals surface area contributed by atoms with Crippen LogP contribution in [0.5, 0.6) is 0 Å².